The van der Waals surface area contributed by atoms with Gasteiger partial charge in [0.2, 0.25) is 5.88 Å². The first-order valence-electron chi connectivity index (χ1n) is 4.50. The molecule has 7 heteroatoms. The molecule has 2 rings (SSSR count). The molecule has 0 aliphatic carbocycles. The lowest BCUT2D eigenvalue weighted by Crippen LogP contribution is -2.04. The van der Waals surface area contributed by atoms with Gasteiger partial charge in [-0.3, -0.25) is 0 Å². The highest BCUT2D eigenvalue weighted by molar-refractivity contribution is 9.10. The summed E-state index contributed by atoms with van der Waals surface area (Å²) in [6.45, 7) is 1.86. The maximum atomic E-state index is 5.65. The number of halogens is 1. The topological polar surface area (TPSA) is 78.9 Å². The van der Waals surface area contributed by atoms with Crippen molar-refractivity contribution in [1.82, 2.24) is 19.7 Å². The van der Waals surface area contributed by atoms with Crippen LogP contribution in [0, 0.1) is 6.92 Å². The van der Waals surface area contributed by atoms with E-state index in [1.807, 2.05) is 6.92 Å². The van der Waals surface area contributed by atoms with Gasteiger partial charge in [-0.1, -0.05) is 0 Å². The van der Waals surface area contributed by atoms with Crippen LogP contribution in [0.1, 0.15) is 5.56 Å². The van der Waals surface area contributed by atoms with Gasteiger partial charge in [-0.2, -0.15) is 0 Å². The Kier molecular flexibility index (Phi) is 2.78. The Morgan fingerprint density at radius 2 is 2.19 bits per heavy atom. The predicted octanol–water partition coefficient (Wildman–Crippen LogP) is 1.32. The second-order valence-corrected chi connectivity index (χ2v) is 3.99. The minimum atomic E-state index is 0.414. The van der Waals surface area contributed by atoms with E-state index >= 15 is 0 Å². The van der Waals surface area contributed by atoms with Gasteiger partial charge in [0.1, 0.15) is 6.33 Å². The second kappa shape index (κ2) is 4.09. The number of nitrogens with zero attached hydrogens (tertiary/aromatic N) is 4. The molecule has 0 fully saturated rings. The number of hydrogen-bond acceptors (Lipinski definition) is 5. The summed E-state index contributed by atoms with van der Waals surface area (Å²) in [6.07, 6.45) is 3.16. The highest BCUT2D eigenvalue weighted by Crippen LogP contribution is 2.22. The summed E-state index contributed by atoms with van der Waals surface area (Å²) >= 11 is 3.29. The zero-order chi connectivity index (χ0) is 11.7. The largest absolute Gasteiger partial charge is 0.481 e. The minimum absolute atomic E-state index is 0.414. The molecule has 0 aromatic carbocycles. The van der Waals surface area contributed by atoms with Crippen LogP contribution in [0.15, 0.2) is 17.0 Å². The molecule has 2 aromatic heterocycles. The Morgan fingerprint density at radius 3 is 2.75 bits per heavy atom. The fraction of sp³-hybridized carbons (Fsp3) is 0.222. The molecular formula is C9H10BrN5O. The molecule has 0 saturated carbocycles. The van der Waals surface area contributed by atoms with Gasteiger partial charge in [0, 0.05) is 6.20 Å². The Bertz CT molecular complexity index is 505. The van der Waals surface area contributed by atoms with E-state index in [0.29, 0.717) is 17.5 Å². The summed E-state index contributed by atoms with van der Waals surface area (Å²) in [5, 5.41) is 4.12. The Hall–Kier alpha value is -1.63. The van der Waals surface area contributed by atoms with E-state index in [1.165, 1.54) is 6.33 Å². The molecule has 84 valence electrons. The third-order valence-corrected chi connectivity index (χ3v) is 2.73. The standard InChI is InChI=1S/C9H10BrN5O/c1-5-8(12-4-13-9(5)16-2)15-3-6(10)7(11)14-15/h3-4H,1-2H3,(H2,11,14). The van der Waals surface area contributed by atoms with Gasteiger partial charge in [-0.15, -0.1) is 5.10 Å². The van der Waals surface area contributed by atoms with E-state index < -0.39 is 0 Å². The van der Waals surface area contributed by atoms with Crippen molar-refractivity contribution in [2.24, 2.45) is 0 Å². The van der Waals surface area contributed by atoms with Crippen molar-refractivity contribution in [2.45, 2.75) is 6.92 Å². The molecule has 6 nitrogen and oxygen atoms in total. The molecule has 0 aliphatic rings. The number of nitrogen functional groups attached to an aromatic ring is 1. The van der Waals surface area contributed by atoms with E-state index in [9.17, 15) is 0 Å². The third-order valence-electron chi connectivity index (χ3n) is 2.12. The molecule has 0 radical (unpaired) electrons. The molecule has 2 aromatic rings. The smallest absolute Gasteiger partial charge is 0.221 e. The summed E-state index contributed by atoms with van der Waals surface area (Å²) in [6, 6.07) is 0. The van der Waals surface area contributed by atoms with Crippen molar-refractivity contribution >= 4 is 21.7 Å². The fourth-order valence-corrected chi connectivity index (χ4v) is 1.61. The Morgan fingerprint density at radius 1 is 1.44 bits per heavy atom. The van der Waals surface area contributed by atoms with E-state index in [0.717, 1.165) is 10.0 Å². The molecule has 0 amide bonds. The second-order valence-electron chi connectivity index (χ2n) is 3.14. The number of hydrogen-bond donors (Lipinski definition) is 1. The molecule has 0 unspecified atom stereocenters. The van der Waals surface area contributed by atoms with Crippen molar-refractivity contribution < 1.29 is 4.74 Å². The van der Waals surface area contributed by atoms with Gasteiger partial charge in [0.15, 0.2) is 11.6 Å². The zero-order valence-electron chi connectivity index (χ0n) is 8.81. The average molecular weight is 284 g/mol. The summed E-state index contributed by atoms with van der Waals surface area (Å²) < 4.78 is 7.42. The van der Waals surface area contributed by atoms with Crippen molar-refractivity contribution in [3.63, 3.8) is 0 Å². The van der Waals surface area contributed by atoms with Crippen molar-refractivity contribution in [2.75, 3.05) is 12.8 Å². The normalized spacial score (nSPS) is 10.4. The summed E-state index contributed by atoms with van der Waals surface area (Å²) in [7, 11) is 1.56. The number of aromatic nitrogens is 4. The van der Waals surface area contributed by atoms with Gasteiger partial charge in [0.25, 0.3) is 0 Å². The molecule has 0 aliphatic heterocycles. The van der Waals surface area contributed by atoms with E-state index in [1.54, 1.807) is 18.0 Å². The van der Waals surface area contributed by atoms with Crippen LogP contribution in [0.4, 0.5) is 5.82 Å². The lowest BCUT2D eigenvalue weighted by Gasteiger charge is -2.07. The molecule has 16 heavy (non-hydrogen) atoms. The highest BCUT2D eigenvalue weighted by atomic mass is 79.9. The van der Waals surface area contributed by atoms with Crippen LogP contribution in [-0.2, 0) is 0 Å². The lowest BCUT2D eigenvalue weighted by atomic mass is 10.3. The molecule has 0 bridgehead atoms. The minimum Gasteiger partial charge on any atom is -0.481 e. The first-order valence-corrected chi connectivity index (χ1v) is 5.29. The number of ether oxygens (including phenoxy) is 1. The van der Waals surface area contributed by atoms with Gasteiger partial charge in [-0.25, -0.2) is 14.6 Å². The van der Waals surface area contributed by atoms with Crippen molar-refractivity contribution in [1.29, 1.82) is 0 Å². The highest BCUT2D eigenvalue weighted by Gasteiger charge is 2.11. The van der Waals surface area contributed by atoms with E-state index in [-0.39, 0.29) is 0 Å². The third kappa shape index (κ3) is 1.73. The maximum absolute atomic E-state index is 5.65. The van der Waals surface area contributed by atoms with Crippen LogP contribution in [-0.4, -0.2) is 26.9 Å². The SMILES string of the molecule is COc1ncnc(-n2cc(Br)c(N)n2)c1C. The number of nitrogens with two attached hydrogens (primary N) is 1. The van der Waals surface area contributed by atoms with Crippen LogP contribution < -0.4 is 10.5 Å². The van der Waals surface area contributed by atoms with Gasteiger partial charge < -0.3 is 10.5 Å². The molecule has 2 heterocycles. The summed E-state index contributed by atoms with van der Waals surface area (Å²) in [5.41, 5.74) is 6.45. The van der Waals surface area contributed by atoms with Crippen molar-refractivity contribution in [3.05, 3.63) is 22.6 Å². The van der Waals surface area contributed by atoms with E-state index in [4.69, 9.17) is 10.5 Å². The molecule has 0 atom stereocenters. The Balaban J connectivity index is 2.55. The molecule has 2 N–H and O–H groups in total. The quantitative estimate of drug-likeness (QED) is 0.899. The molecular weight excluding hydrogens is 274 g/mol. The van der Waals surface area contributed by atoms with Crippen LogP contribution in [0.3, 0.4) is 0 Å². The monoisotopic (exact) mass is 283 g/mol. The van der Waals surface area contributed by atoms with Gasteiger partial charge >= 0.3 is 0 Å². The number of rotatable bonds is 2. The fourth-order valence-electron chi connectivity index (χ4n) is 1.34. The summed E-state index contributed by atoms with van der Waals surface area (Å²) in [4.78, 5) is 8.14. The zero-order valence-corrected chi connectivity index (χ0v) is 10.4. The molecule has 0 spiro atoms. The average Bonchev–Trinajstić information content (AvgIpc) is 2.59. The molecule has 0 saturated heterocycles. The lowest BCUT2D eigenvalue weighted by molar-refractivity contribution is 0.392. The Labute approximate surface area is 101 Å². The number of methoxy groups -OCH3 is 1. The van der Waals surface area contributed by atoms with Crippen molar-refractivity contribution in [3.8, 4) is 11.7 Å². The number of anilines is 1. The predicted molar refractivity (Wildman–Crippen MR) is 62.6 cm³/mol. The summed E-state index contributed by atoms with van der Waals surface area (Å²) in [5.74, 6) is 1.58. The van der Waals surface area contributed by atoms with Gasteiger partial charge in [-0.05, 0) is 22.9 Å². The first-order chi connectivity index (χ1) is 7.63. The van der Waals surface area contributed by atoms with Crippen LogP contribution in [0.25, 0.3) is 5.82 Å². The maximum Gasteiger partial charge on any atom is 0.221 e. The first kappa shape index (κ1) is 10.9. The van der Waals surface area contributed by atoms with Crippen LogP contribution in [0.5, 0.6) is 5.88 Å². The van der Waals surface area contributed by atoms with E-state index in [2.05, 4.69) is 31.0 Å². The van der Waals surface area contributed by atoms with Gasteiger partial charge in [0.05, 0.1) is 17.1 Å². The van der Waals surface area contributed by atoms with Crippen LogP contribution >= 0.6 is 15.9 Å². The van der Waals surface area contributed by atoms with Crippen LogP contribution in [0.2, 0.25) is 0 Å².